The van der Waals surface area contributed by atoms with Crippen molar-refractivity contribution < 1.29 is 0 Å². The van der Waals surface area contributed by atoms with Gasteiger partial charge in [-0.25, -0.2) is 9.78 Å². The number of rotatable bonds is 6. The molecule has 0 saturated carbocycles. The fraction of sp³-hybridized carbons (Fsp3) is 0.250. The van der Waals surface area contributed by atoms with Crippen LogP contribution >= 0.6 is 0 Å². The van der Waals surface area contributed by atoms with Gasteiger partial charge in [0.2, 0.25) is 0 Å². The molecule has 0 fully saturated rings. The van der Waals surface area contributed by atoms with E-state index in [-0.39, 0.29) is 12.1 Å². The molecule has 4 rings (SSSR count). The molecule has 4 aromatic rings. The molecular formula is C24H23N5O2. The molecule has 0 atom stereocenters. The molecule has 0 bridgehead atoms. The monoisotopic (exact) mass is 413 g/mol. The summed E-state index contributed by atoms with van der Waals surface area (Å²) in [6, 6.07) is 18.7. The van der Waals surface area contributed by atoms with Crippen LogP contribution in [0.2, 0.25) is 0 Å². The quantitative estimate of drug-likeness (QED) is 0.486. The average molecular weight is 413 g/mol. The Labute approximate surface area is 179 Å². The molecule has 31 heavy (non-hydrogen) atoms. The lowest BCUT2D eigenvalue weighted by molar-refractivity contribution is 0.529. The number of imidazole rings is 1. The smallest absolute Gasteiger partial charge is 0.324 e. The second kappa shape index (κ2) is 8.44. The van der Waals surface area contributed by atoms with Gasteiger partial charge in [-0.2, -0.15) is 5.26 Å². The van der Waals surface area contributed by atoms with E-state index in [1.165, 1.54) is 4.57 Å². The summed E-state index contributed by atoms with van der Waals surface area (Å²) in [4.78, 5) is 31.2. The molecular weight excluding hydrogens is 390 g/mol. The van der Waals surface area contributed by atoms with Crippen LogP contribution in [0.5, 0.6) is 0 Å². The number of hydrogen-bond acceptors (Lipinski definition) is 4. The van der Waals surface area contributed by atoms with Crippen molar-refractivity contribution in [3.63, 3.8) is 0 Å². The van der Waals surface area contributed by atoms with Crippen molar-refractivity contribution in [2.75, 3.05) is 0 Å². The lowest BCUT2D eigenvalue weighted by atomic mass is 10.1. The maximum Gasteiger partial charge on any atom is 0.333 e. The highest BCUT2D eigenvalue weighted by molar-refractivity contribution is 5.70. The van der Waals surface area contributed by atoms with Gasteiger partial charge in [0, 0.05) is 6.54 Å². The highest BCUT2D eigenvalue weighted by atomic mass is 16.2. The van der Waals surface area contributed by atoms with Crippen LogP contribution in [0.15, 0.2) is 70.5 Å². The van der Waals surface area contributed by atoms with Crippen LogP contribution in [0.3, 0.4) is 0 Å². The molecule has 7 nitrogen and oxygen atoms in total. The zero-order valence-electron chi connectivity index (χ0n) is 17.5. The highest BCUT2D eigenvalue weighted by Crippen LogP contribution is 2.12. The summed E-state index contributed by atoms with van der Waals surface area (Å²) < 4.78 is 4.61. The van der Waals surface area contributed by atoms with E-state index < -0.39 is 5.69 Å². The Morgan fingerprint density at radius 2 is 1.68 bits per heavy atom. The first-order chi connectivity index (χ1) is 15.0. The van der Waals surface area contributed by atoms with Gasteiger partial charge in [0.05, 0.1) is 31.0 Å². The van der Waals surface area contributed by atoms with Crippen LogP contribution in [0, 0.1) is 17.2 Å². The standard InChI is InChI=1S/C24H23N5O2/c1-17(2)13-27-16-26-22-21(27)23(30)29(15-20-10-6-9-19(11-20)12-25)24(31)28(22)14-18-7-4-3-5-8-18/h3-11,16-17H,13-15H2,1-2H3. The molecule has 156 valence electrons. The molecule has 0 spiro atoms. The van der Waals surface area contributed by atoms with Crippen molar-refractivity contribution in [3.05, 3.63) is 98.5 Å². The molecule has 2 heterocycles. The minimum absolute atomic E-state index is 0.0881. The van der Waals surface area contributed by atoms with E-state index in [2.05, 4.69) is 24.9 Å². The molecule has 7 heteroatoms. The molecule has 0 aliphatic heterocycles. The fourth-order valence-corrected chi connectivity index (χ4v) is 3.74. The second-order valence-corrected chi connectivity index (χ2v) is 8.02. The van der Waals surface area contributed by atoms with Gasteiger partial charge in [-0.05, 0) is 29.2 Å². The van der Waals surface area contributed by atoms with Gasteiger partial charge in [-0.1, -0.05) is 56.3 Å². The normalized spacial score (nSPS) is 11.2. The lowest BCUT2D eigenvalue weighted by Gasteiger charge is -2.14. The van der Waals surface area contributed by atoms with E-state index in [1.54, 1.807) is 29.1 Å². The van der Waals surface area contributed by atoms with Gasteiger partial charge in [-0.15, -0.1) is 0 Å². The van der Waals surface area contributed by atoms with Crippen molar-refractivity contribution in [1.82, 2.24) is 18.7 Å². The Morgan fingerprint density at radius 3 is 2.39 bits per heavy atom. The number of fused-ring (bicyclic) bond motifs is 1. The number of hydrogen-bond donors (Lipinski definition) is 0. The van der Waals surface area contributed by atoms with Crippen molar-refractivity contribution in [2.45, 2.75) is 33.5 Å². The lowest BCUT2D eigenvalue weighted by Crippen LogP contribution is -2.41. The summed E-state index contributed by atoms with van der Waals surface area (Å²) in [5.41, 5.74) is 2.17. The molecule has 0 unspecified atom stereocenters. The van der Waals surface area contributed by atoms with Gasteiger partial charge < -0.3 is 4.57 Å². The largest absolute Gasteiger partial charge is 0.333 e. The topological polar surface area (TPSA) is 85.6 Å². The van der Waals surface area contributed by atoms with Gasteiger partial charge in [0.25, 0.3) is 5.56 Å². The first kappa shape index (κ1) is 20.4. The molecule has 0 N–H and O–H groups in total. The van der Waals surface area contributed by atoms with Crippen LogP contribution in [-0.4, -0.2) is 18.7 Å². The van der Waals surface area contributed by atoms with E-state index in [0.29, 0.717) is 35.7 Å². The van der Waals surface area contributed by atoms with Crippen molar-refractivity contribution in [3.8, 4) is 6.07 Å². The van der Waals surface area contributed by atoms with Crippen LogP contribution in [0.1, 0.15) is 30.5 Å². The molecule has 2 aromatic carbocycles. The SMILES string of the molecule is CC(C)Cn1cnc2c1c(=O)n(Cc1cccc(C#N)c1)c(=O)n2Cc1ccccc1. The Hall–Kier alpha value is -3.92. The third kappa shape index (κ3) is 4.05. The molecule has 0 saturated heterocycles. The van der Waals surface area contributed by atoms with E-state index in [0.717, 1.165) is 11.1 Å². The first-order valence-electron chi connectivity index (χ1n) is 10.2. The van der Waals surface area contributed by atoms with Crippen molar-refractivity contribution >= 4 is 11.2 Å². The Balaban J connectivity index is 1.93. The minimum Gasteiger partial charge on any atom is -0.324 e. The van der Waals surface area contributed by atoms with E-state index >= 15 is 0 Å². The third-order valence-electron chi connectivity index (χ3n) is 5.13. The Kier molecular flexibility index (Phi) is 5.54. The maximum absolute atomic E-state index is 13.4. The summed E-state index contributed by atoms with van der Waals surface area (Å²) in [6.07, 6.45) is 1.63. The average Bonchev–Trinajstić information content (AvgIpc) is 3.18. The Bertz CT molecular complexity index is 1390. The van der Waals surface area contributed by atoms with Crippen LogP contribution < -0.4 is 11.2 Å². The van der Waals surface area contributed by atoms with E-state index in [9.17, 15) is 14.9 Å². The predicted molar refractivity (Wildman–Crippen MR) is 119 cm³/mol. The van der Waals surface area contributed by atoms with Gasteiger partial charge in [0.1, 0.15) is 0 Å². The van der Waals surface area contributed by atoms with Crippen molar-refractivity contribution in [1.29, 1.82) is 5.26 Å². The number of aromatic nitrogens is 4. The van der Waals surface area contributed by atoms with Crippen LogP contribution in [-0.2, 0) is 19.6 Å². The summed E-state index contributed by atoms with van der Waals surface area (Å²) in [5, 5.41) is 9.18. The molecule has 0 aliphatic carbocycles. The van der Waals surface area contributed by atoms with Gasteiger partial charge >= 0.3 is 5.69 Å². The van der Waals surface area contributed by atoms with E-state index in [4.69, 9.17) is 0 Å². The molecule has 2 aromatic heterocycles. The zero-order chi connectivity index (χ0) is 22.0. The summed E-state index contributed by atoms with van der Waals surface area (Å²) >= 11 is 0. The molecule has 0 amide bonds. The summed E-state index contributed by atoms with van der Waals surface area (Å²) in [5.74, 6) is 0.312. The summed E-state index contributed by atoms with van der Waals surface area (Å²) in [7, 11) is 0. The third-order valence-corrected chi connectivity index (χ3v) is 5.13. The minimum atomic E-state index is -0.418. The van der Waals surface area contributed by atoms with Gasteiger partial charge in [-0.3, -0.25) is 13.9 Å². The highest BCUT2D eigenvalue weighted by Gasteiger charge is 2.19. The summed E-state index contributed by atoms with van der Waals surface area (Å²) in [6.45, 7) is 5.16. The second-order valence-electron chi connectivity index (χ2n) is 8.02. The Morgan fingerprint density at radius 1 is 0.968 bits per heavy atom. The molecule has 0 radical (unpaired) electrons. The predicted octanol–water partition coefficient (Wildman–Crippen LogP) is 2.98. The van der Waals surface area contributed by atoms with Crippen LogP contribution in [0.25, 0.3) is 11.2 Å². The van der Waals surface area contributed by atoms with Gasteiger partial charge in [0.15, 0.2) is 11.2 Å². The fourth-order valence-electron chi connectivity index (χ4n) is 3.74. The maximum atomic E-state index is 13.4. The number of nitriles is 1. The van der Waals surface area contributed by atoms with E-state index in [1.807, 2.05) is 41.0 Å². The zero-order valence-corrected chi connectivity index (χ0v) is 17.5. The van der Waals surface area contributed by atoms with Crippen LogP contribution in [0.4, 0.5) is 0 Å². The first-order valence-corrected chi connectivity index (χ1v) is 10.2. The number of nitrogens with zero attached hydrogens (tertiary/aromatic N) is 5. The van der Waals surface area contributed by atoms with Crippen molar-refractivity contribution in [2.24, 2.45) is 5.92 Å². The molecule has 0 aliphatic rings. The number of benzene rings is 2.